The van der Waals surface area contributed by atoms with E-state index in [0.717, 1.165) is 0 Å². The Morgan fingerprint density at radius 1 is 0.824 bits per heavy atom. The molecule has 0 saturated heterocycles. The molecule has 8 N–H and O–H groups in total. The molecule has 98 valence electrons. The van der Waals surface area contributed by atoms with Gasteiger partial charge in [-0.1, -0.05) is 0 Å². The van der Waals surface area contributed by atoms with Crippen LogP contribution in [0.2, 0.25) is 0 Å². The fourth-order valence-electron chi connectivity index (χ4n) is 1.68. The van der Waals surface area contributed by atoms with Crippen LogP contribution in [0.15, 0.2) is 0 Å². The summed E-state index contributed by atoms with van der Waals surface area (Å²) in [6.07, 6.45) is 0. The Morgan fingerprint density at radius 2 is 1.18 bits per heavy atom. The zero-order chi connectivity index (χ0) is 14.1. The van der Waals surface area contributed by atoms with Crippen LogP contribution in [-0.4, -0.2) is 82.4 Å². The van der Waals surface area contributed by atoms with Crippen LogP contribution in [0.3, 0.4) is 0 Å². The Labute approximate surface area is 103 Å². The molecule has 0 aromatic heterocycles. The minimum Gasteiger partial charge on any atom is -0.393 e. The van der Waals surface area contributed by atoms with Gasteiger partial charge in [-0.3, -0.25) is 0 Å². The second-order valence-electron chi connectivity index (χ2n) is 4.39. The molecule has 8 nitrogen and oxygen atoms in total. The average molecular weight is 268 g/mol. The third-order valence-corrected chi connectivity index (χ3v) is 4.08. The first-order chi connectivity index (χ1) is 7.15. The lowest BCUT2D eigenvalue weighted by Gasteiger charge is -2.61. The van der Waals surface area contributed by atoms with Crippen LogP contribution in [0.4, 0.5) is 0 Å². The Morgan fingerprint density at radius 3 is 1.53 bits per heavy atom. The summed E-state index contributed by atoms with van der Waals surface area (Å²) in [6.45, 7) is 0.666. The van der Waals surface area contributed by atoms with Crippen molar-refractivity contribution in [2.75, 3.05) is 0 Å². The SMILES string of the molecule is [B]C1(O)C(S)C(C)(O)C(O)(O)C(O)(O)C1(O)O. The molecule has 3 atom stereocenters. The van der Waals surface area contributed by atoms with Gasteiger partial charge >= 0.3 is 0 Å². The molecular weight excluding hydrogens is 255 g/mol. The standard InChI is InChI=1S/C7H13BO8S/c1-3(9)2(17)4(8,10)6(13,14)7(15,16)5(3,11)12/h2,9-17H,1H3. The summed E-state index contributed by atoms with van der Waals surface area (Å²) in [6, 6.07) is 0. The van der Waals surface area contributed by atoms with Crippen molar-refractivity contribution in [1.29, 1.82) is 0 Å². The Kier molecular flexibility index (Phi) is 2.98. The van der Waals surface area contributed by atoms with Gasteiger partial charge in [0.05, 0.1) is 10.8 Å². The van der Waals surface area contributed by atoms with Crippen LogP contribution in [0.5, 0.6) is 0 Å². The van der Waals surface area contributed by atoms with Crippen molar-refractivity contribution in [1.82, 2.24) is 0 Å². The van der Waals surface area contributed by atoms with Crippen LogP contribution in [-0.2, 0) is 0 Å². The lowest BCUT2D eigenvalue weighted by molar-refractivity contribution is -0.516. The number of hydrogen-bond acceptors (Lipinski definition) is 9. The molecule has 10 heteroatoms. The van der Waals surface area contributed by atoms with E-state index in [1.807, 2.05) is 0 Å². The molecule has 0 heterocycles. The van der Waals surface area contributed by atoms with Gasteiger partial charge in [-0.25, -0.2) is 0 Å². The number of aliphatic hydroxyl groups is 8. The maximum atomic E-state index is 9.72. The summed E-state index contributed by atoms with van der Waals surface area (Å²) < 4.78 is 0. The Bertz CT molecular complexity index is 309. The van der Waals surface area contributed by atoms with E-state index in [4.69, 9.17) is 7.85 Å². The van der Waals surface area contributed by atoms with E-state index >= 15 is 0 Å². The predicted molar refractivity (Wildman–Crippen MR) is 55.6 cm³/mol. The van der Waals surface area contributed by atoms with Gasteiger partial charge in [-0.15, -0.1) is 0 Å². The summed E-state index contributed by atoms with van der Waals surface area (Å²) >= 11 is 3.54. The topological polar surface area (TPSA) is 162 Å². The molecule has 0 aromatic carbocycles. The van der Waals surface area contributed by atoms with Crippen molar-refractivity contribution in [2.45, 2.75) is 40.6 Å². The molecule has 0 bridgehead atoms. The molecule has 0 aliphatic heterocycles. The molecule has 0 aromatic rings. The minimum atomic E-state index is -4.13. The Hall–Kier alpha value is 0.0949. The van der Waals surface area contributed by atoms with E-state index < -0.39 is 33.7 Å². The normalized spacial score (nSPS) is 47.8. The van der Waals surface area contributed by atoms with Gasteiger partial charge in [0.1, 0.15) is 13.4 Å². The van der Waals surface area contributed by atoms with Crippen LogP contribution < -0.4 is 0 Å². The van der Waals surface area contributed by atoms with Gasteiger partial charge in [0.2, 0.25) is 5.79 Å². The van der Waals surface area contributed by atoms with Gasteiger partial charge in [0.15, 0.2) is 0 Å². The van der Waals surface area contributed by atoms with Gasteiger partial charge in [-0.05, 0) is 6.92 Å². The van der Waals surface area contributed by atoms with Crippen LogP contribution in [0.25, 0.3) is 0 Å². The molecule has 0 spiro atoms. The zero-order valence-electron chi connectivity index (χ0n) is 8.68. The van der Waals surface area contributed by atoms with Crippen molar-refractivity contribution in [3.05, 3.63) is 0 Å². The van der Waals surface area contributed by atoms with E-state index in [1.54, 1.807) is 0 Å². The lowest BCUT2D eigenvalue weighted by Crippen LogP contribution is -2.90. The second kappa shape index (κ2) is 3.35. The van der Waals surface area contributed by atoms with Crippen LogP contribution in [0, 0.1) is 0 Å². The fourth-order valence-corrected chi connectivity index (χ4v) is 2.04. The molecule has 1 aliphatic rings. The molecule has 17 heavy (non-hydrogen) atoms. The maximum Gasteiger partial charge on any atom is 0.279 e. The molecule has 0 amide bonds. The minimum absolute atomic E-state index is 0.666. The van der Waals surface area contributed by atoms with Gasteiger partial charge in [-0.2, -0.15) is 12.6 Å². The van der Waals surface area contributed by atoms with Crippen molar-refractivity contribution < 1.29 is 40.9 Å². The van der Waals surface area contributed by atoms with Gasteiger partial charge in [0.25, 0.3) is 11.6 Å². The van der Waals surface area contributed by atoms with E-state index in [2.05, 4.69) is 12.6 Å². The highest BCUT2D eigenvalue weighted by Crippen LogP contribution is 2.51. The fraction of sp³-hybridized carbons (Fsp3) is 1.00. The van der Waals surface area contributed by atoms with Gasteiger partial charge in [0, 0.05) is 0 Å². The maximum absolute atomic E-state index is 9.72. The van der Waals surface area contributed by atoms with Crippen molar-refractivity contribution in [2.24, 2.45) is 0 Å². The molecule has 1 rings (SSSR count). The highest BCUT2D eigenvalue weighted by atomic mass is 32.1. The molecular formula is C7H13BO8S. The molecule has 3 unspecified atom stereocenters. The van der Waals surface area contributed by atoms with Crippen molar-refractivity contribution >= 4 is 20.5 Å². The molecule has 1 fully saturated rings. The summed E-state index contributed by atoms with van der Waals surface area (Å²) in [4.78, 5) is 0. The van der Waals surface area contributed by atoms with E-state index in [0.29, 0.717) is 6.92 Å². The summed E-state index contributed by atoms with van der Waals surface area (Å²) in [5.74, 6) is -11.9. The first-order valence-electron chi connectivity index (χ1n) is 4.41. The molecule has 2 radical (unpaired) electrons. The average Bonchev–Trinajstić information content (AvgIpc) is 2.13. The molecule has 1 aliphatic carbocycles. The highest BCUT2D eigenvalue weighted by molar-refractivity contribution is 7.81. The monoisotopic (exact) mass is 268 g/mol. The van der Waals surface area contributed by atoms with Crippen molar-refractivity contribution in [3.8, 4) is 0 Å². The van der Waals surface area contributed by atoms with Crippen LogP contribution >= 0.6 is 12.6 Å². The Balaban J connectivity index is 3.56. The summed E-state index contributed by atoms with van der Waals surface area (Å²) in [5, 5.41) is 73.6. The van der Waals surface area contributed by atoms with E-state index in [-0.39, 0.29) is 0 Å². The quantitative estimate of drug-likeness (QED) is 0.120. The highest BCUT2D eigenvalue weighted by Gasteiger charge is 2.81. The van der Waals surface area contributed by atoms with Gasteiger partial charge < -0.3 is 40.9 Å². The third-order valence-electron chi connectivity index (χ3n) is 3.19. The van der Waals surface area contributed by atoms with Crippen LogP contribution in [0.1, 0.15) is 6.92 Å². The lowest BCUT2D eigenvalue weighted by atomic mass is 9.56. The zero-order valence-corrected chi connectivity index (χ0v) is 9.57. The van der Waals surface area contributed by atoms with Crippen molar-refractivity contribution in [3.63, 3.8) is 0 Å². The predicted octanol–water partition coefficient (Wildman–Crippen LogP) is -5.05. The second-order valence-corrected chi connectivity index (χ2v) is 4.91. The van der Waals surface area contributed by atoms with E-state index in [1.165, 1.54) is 0 Å². The smallest absolute Gasteiger partial charge is 0.279 e. The number of rotatable bonds is 0. The first-order valence-corrected chi connectivity index (χ1v) is 4.93. The largest absolute Gasteiger partial charge is 0.393 e. The molecule has 1 saturated carbocycles. The van der Waals surface area contributed by atoms with E-state index in [9.17, 15) is 40.9 Å². The first kappa shape index (κ1) is 15.2. The summed E-state index contributed by atoms with van der Waals surface area (Å²) in [5.41, 5.74) is -6.10. The number of thiol groups is 1. The number of hydrogen-bond donors (Lipinski definition) is 9. The summed E-state index contributed by atoms with van der Waals surface area (Å²) in [7, 11) is 5.05. The third kappa shape index (κ3) is 1.38.